The van der Waals surface area contributed by atoms with Gasteiger partial charge in [0.1, 0.15) is 17.1 Å². The van der Waals surface area contributed by atoms with E-state index >= 15 is 0 Å². The smallest absolute Gasteiger partial charge is 0.307 e. The summed E-state index contributed by atoms with van der Waals surface area (Å²) in [5, 5.41) is 8.92. The molecule has 19 heavy (non-hydrogen) atoms. The van der Waals surface area contributed by atoms with Gasteiger partial charge in [-0.05, 0) is 43.9 Å². The number of carboxylic acid groups (broad SMARTS) is 1. The van der Waals surface area contributed by atoms with Gasteiger partial charge in [-0.15, -0.1) is 0 Å². The van der Waals surface area contributed by atoms with Gasteiger partial charge in [-0.2, -0.15) is 0 Å². The van der Waals surface area contributed by atoms with Crippen molar-refractivity contribution in [1.29, 1.82) is 0 Å². The van der Waals surface area contributed by atoms with Gasteiger partial charge in [-0.1, -0.05) is 12.1 Å². The monoisotopic (exact) mass is 262 g/mol. The Labute approximate surface area is 112 Å². The molecule has 0 aliphatic heterocycles. The Balaban J connectivity index is 2.02. The van der Waals surface area contributed by atoms with Gasteiger partial charge in [-0.3, -0.25) is 9.59 Å². The van der Waals surface area contributed by atoms with Crippen molar-refractivity contribution >= 4 is 11.8 Å². The number of hydrogen-bond donors (Lipinski definition) is 1. The molecule has 1 fully saturated rings. The van der Waals surface area contributed by atoms with Crippen molar-refractivity contribution in [2.45, 2.75) is 44.6 Å². The summed E-state index contributed by atoms with van der Waals surface area (Å²) in [4.78, 5) is 21.9. The lowest BCUT2D eigenvalue weighted by Gasteiger charge is -2.40. The van der Waals surface area contributed by atoms with Gasteiger partial charge in [0, 0.05) is 6.42 Å². The van der Waals surface area contributed by atoms with E-state index in [2.05, 4.69) is 0 Å². The number of benzene rings is 1. The number of carbonyl (C=O) groups excluding carboxylic acids is 1. The quantitative estimate of drug-likeness (QED) is 0.855. The van der Waals surface area contributed by atoms with Crippen LogP contribution in [0, 0.1) is 0 Å². The third-order valence-electron chi connectivity index (χ3n) is 3.45. The van der Waals surface area contributed by atoms with E-state index in [1.807, 2.05) is 12.1 Å². The largest absolute Gasteiger partial charge is 0.487 e. The zero-order chi connectivity index (χ0) is 13.9. The lowest BCUT2D eigenvalue weighted by molar-refractivity contribution is -0.144. The molecule has 0 amide bonds. The van der Waals surface area contributed by atoms with E-state index in [0.717, 1.165) is 24.8 Å². The molecule has 102 valence electrons. The second-order valence-electron chi connectivity index (χ2n) is 5.23. The van der Waals surface area contributed by atoms with Gasteiger partial charge in [0.25, 0.3) is 0 Å². The van der Waals surface area contributed by atoms with E-state index in [4.69, 9.17) is 9.84 Å². The summed E-state index contributed by atoms with van der Waals surface area (Å²) in [5.41, 5.74) is 0.411. The van der Waals surface area contributed by atoms with Crippen LogP contribution in [0.5, 0.6) is 5.75 Å². The Bertz CT molecular complexity index is 471. The lowest BCUT2D eigenvalue weighted by Crippen LogP contribution is -2.45. The number of carboxylic acids is 1. The number of hydrogen-bond acceptors (Lipinski definition) is 3. The number of ketones is 1. The Kier molecular flexibility index (Phi) is 3.88. The van der Waals surface area contributed by atoms with Gasteiger partial charge in [-0.25, -0.2) is 0 Å². The Morgan fingerprint density at radius 3 is 2.32 bits per heavy atom. The summed E-state index contributed by atoms with van der Waals surface area (Å²) < 4.78 is 5.84. The fourth-order valence-corrected chi connectivity index (χ4v) is 2.37. The first kappa shape index (κ1) is 13.6. The molecule has 0 spiro atoms. The lowest BCUT2D eigenvalue weighted by atomic mass is 9.77. The maximum Gasteiger partial charge on any atom is 0.307 e. The zero-order valence-electron chi connectivity index (χ0n) is 11.0. The molecule has 2 rings (SSSR count). The molecule has 0 unspecified atom stereocenters. The molecule has 4 nitrogen and oxygen atoms in total. The van der Waals surface area contributed by atoms with Crippen molar-refractivity contribution in [3.05, 3.63) is 29.8 Å². The standard InChI is InChI=1S/C15H18O4/c1-11(16)9-12-3-5-13(6-4-12)19-15(7-2-8-15)10-14(17)18/h3-6H,2,7-10H2,1H3,(H,17,18). The topological polar surface area (TPSA) is 63.6 Å². The third kappa shape index (κ3) is 3.56. The first-order valence-electron chi connectivity index (χ1n) is 6.48. The molecular formula is C15H18O4. The molecule has 1 N–H and O–H groups in total. The van der Waals surface area contributed by atoms with Crippen LogP contribution in [0.15, 0.2) is 24.3 Å². The predicted molar refractivity (Wildman–Crippen MR) is 70.3 cm³/mol. The molecule has 4 heteroatoms. The van der Waals surface area contributed by atoms with Crippen molar-refractivity contribution in [3.8, 4) is 5.75 Å². The Morgan fingerprint density at radius 1 is 1.26 bits per heavy atom. The molecule has 0 heterocycles. The maximum atomic E-state index is 11.0. The van der Waals surface area contributed by atoms with Crippen LogP contribution in [-0.4, -0.2) is 22.5 Å². The minimum absolute atomic E-state index is 0.0438. The highest BCUT2D eigenvalue weighted by Gasteiger charge is 2.41. The highest BCUT2D eigenvalue weighted by atomic mass is 16.5. The van der Waals surface area contributed by atoms with Crippen LogP contribution in [0.2, 0.25) is 0 Å². The maximum absolute atomic E-state index is 11.0. The van der Waals surface area contributed by atoms with E-state index in [9.17, 15) is 9.59 Å². The van der Waals surface area contributed by atoms with E-state index in [1.165, 1.54) is 0 Å². The van der Waals surface area contributed by atoms with Crippen molar-refractivity contribution in [3.63, 3.8) is 0 Å². The molecule has 0 atom stereocenters. The number of ether oxygens (including phenoxy) is 1. The number of carbonyl (C=O) groups is 2. The molecule has 0 radical (unpaired) electrons. The van der Waals surface area contributed by atoms with Crippen LogP contribution >= 0.6 is 0 Å². The summed E-state index contributed by atoms with van der Waals surface area (Å²) in [6.07, 6.45) is 3.04. The minimum Gasteiger partial charge on any atom is -0.487 e. The average molecular weight is 262 g/mol. The zero-order valence-corrected chi connectivity index (χ0v) is 11.0. The Morgan fingerprint density at radius 2 is 1.89 bits per heavy atom. The van der Waals surface area contributed by atoms with E-state index in [-0.39, 0.29) is 12.2 Å². The van der Waals surface area contributed by atoms with Gasteiger partial charge < -0.3 is 9.84 Å². The van der Waals surface area contributed by atoms with Gasteiger partial charge in [0.15, 0.2) is 0 Å². The Hall–Kier alpha value is -1.84. The molecule has 0 saturated heterocycles. The average Bonchev–Trinajstić information content (AvgIpc) is 2.27. The summed E-state index contributed by atoms with van der Waals surface area (Å²) in [5.74, 6) is -0.0313. The van der Waals surface area contributed by atoms with Crippen molar-refractivity contribution in [2.24, 2.45) is 0 Å². The fourth-order valence-electron chi connectivity index (χ4n) is 2.37. The molecule has 1 aliphatic carbocycles. The van der Waals surface area contributed by atoms with Gasteiger partial charge in [0.2, 0.25) is 0 Å². The first-order valence-corrected chi connectivity index (χ1v) is 6.48. The highest BCUT2D eigenvalue weighted by Crippen LogP contribution is 2.39. The van der Waals surface area contributed by atoms with Gasteiger partial charge in [0.05, 0.1) is 6.42 Å². The summed E-state index contributed by atoms with van der Waals surface area (Å²) >= 11 is 0. The van der Waals surface area contributed by atoms with Crippen LogP contribution in [0.4, 0.5) is 0 Å². The normalized spacial score (nSPS) is 16.5. The summed E-state index contributed by atoms with van der Waals surface area (Å²) in [7, 11) is 0. The molecule has 1 saturated carbocycles. The first-order chi connectivity index (χ1) is 8.99. The number of Topliss-reactive ketones (excluding diaryl/α,β-unsaturated/α-hetero) is 1. The number of rotatable bonds is 6. The molecule has 1 aromatic rings. The van der Waals surface area contributed by atoms with E-state index < -0.39 is 11.6 Å². The molecule has 1 aromatic carbocycles. The van der Waals surface area contributed by atoms with Crippen LogP contribution in [0.3, 0.4) is 0 Å². The fraction of sp³-hybridized carbons (Fsp3) is 0.467. The van der Waals surface area contributed by atoms with Crippen LogP contribution < -0.4 is 4.74 Å². The summed E-state index contributed by atoms with van der Waals surface area (Å²) in [6.45, 7) is 1.56. The second kappa shape index (κ2) is 5.43. The molecule has 1 aliphatic rings. The van der Waals surface area contributed by atoms with Gasteiger partial charge >= 0.3 is 5.97 Å². The van der Waals surface area contributed by atoms with E-state index in [1.54, 1.807) is 19.1 Å². The SMILES string of the molecule is CC(=O)Cc1ccc(OC2(CC(=O)O)CCC2)cc1. The minimum atomic E-state index is -0.826. The second-order valence-corrected chi connectivity index (χ2v) is 5.23. The summed E-state index contributed by atoms with van der Waals surface area (Å²) in [6, 6.07) is 7.31. The van der Waals surface area contributed by atoms with Crippen molar-refractivity contribution in [2.75, 3.05) is 0 Å². The van der Waals surface area contributed by atoms with Crippen molar-refractivity contribution in [1.82, 2.24) is 0 Å². The third-order valence-corrected chi connectivity index (χ3v) is 3.45. The molecular weight excluding hydrogens is 244 g/mol. The number of aliphatic carboxylic acids is 1. The van der Waals surface area contributed by atoms with Crippen LogP contribution in [0.25, 0.3) is 0 Å². The molecule has 0 aromatic heterocycles. The predicted octanol–water partition coefficient (Wildman–Crippen LogP) is 2.59. The van der Waals surface area contributed by atoms with E-state index in [0.29, 0.717) is 12.2 Å². The highest BCUT2D eigenvalue weighted by molar-refractivity contribution is 5.78. The van der Waals surface area contributed by atoms with Crippen molar-refractivity contribution < 1.29 is 19.4 Å². The van der Waals surface area contributed by atoms with Crippen LogP contribution in [-0.2, 0) is 16.0 Å². The molecule has 0 bridgehead atoms. The van der Waals surface area contributed by atoms with Crippen LogP contribution in [0.1, 0.15) is 38.2 Å².